The Morgan fingerprint density at radius 3 is 2.55 bits per heavy atom. The van der Waals surface area contributed by atoms with Crippen molar-refractivity contribution in [3.8, 4) is 0 Å². The average molecular weight is 510 g/mol. The highest BCUT2D eigenvalue weighted by atomic mass is 16.3. The van der Waals surface area contributed by atoms with Crippen LogP contribution in [0, 0.1) is 13.8 Å². The maximum atomic E-state index is 13.6. The third-order valence-electron chi connectivity index (χ3n) is 7.33. The minimum absolute atomic E-state index is 0.110. The van der Waals surface area contributed by atoms with Crippen LogP contribution in [-0.4, -0.2) is 61.2 Å². The Hall–Kier alpha value is -4.08. The predicted octanol–water partition coefficient (Wildman–Crippen LogP) is 3.68. The number of tetrazole rings is 1. The van der Waals surface area contributed by atoms with E-state index < -0.39 is 0 Å². The molecule has 3 aromatic heterocycles. The number of fused-ring (bicyclic) bond motifs is 1. The Labute approximate surface area is 220 Å². The third-order valence-corrected chi connectivity index (χ3v) is 7.33. The van der Waals surface area contributed by atoms with Gasteiger partial charge in [-0.25, -0.2) is 4.68 Å². The van der Waals surface area contributed by atoms with E-state index in [1.54, 1.807) is 6.26 Å². The molecule has 1 aliphatic heterocycles. The molecule has 5 aromatic rings. The lowest BCUT2D eigenvalue weighted by atomic mass is 10.00. The lowest BCUT2D eigenvalue weighted by molar-refractivity contribution is 0.0952. The Morgan fingerprint density at radius 1 is 0.974 bits per heavy atom. The lowest BCUT2D eigenvalue weighted by Crippen LogP contribution is -2.48. The van der Waals surface area contributed by atoms with Crippen LogP contribution in [0.3, 0.4) is 0 Å². The number of benzene rings is 2. The second-order valence-electron chi connectivity index (χ2n) is 10.1. The van der Waals surface area contributed by atoms with Gasteiger partial charge in [-0.15, -0.1) is 5.10 Å². The number of hydrogen-bond acceptors (Lipinski definition) is 7. The summed E-state index contributed by atoms with van der Waals surface area (Å²) in [6.07, 6.45) is 1.71. The minimum atomic E-state index is -0.381. The molecule has 0 saturated carbocycles. The van der Waals surface area contributed by atoms with Gasteiger partial charge in [0.25, 0.3) is 5.56 Å². The Bertz CT molecular complexity index is 1580. The first-order chi connectivity index (χ1) is 18.5. The molecule has 1 saturated heterocycles. The van der Waals surface area contributed by atoms with E-state index in [2.05, 4.69) is 61.5 Å². The molecule has 0 aliphatic carbocycles. The summed E-state index contributed by atoms with van der Waals surface area (Å²) in [4.78, 5) is 21.5. The number of hydrogen-bond donors (Lipinski definition) is 1. The van der Waals surface area contributed by atoms with Crippen molar-refractivity contribution in [2.75, 3.05) is 26.2 Å². The fourth-order valence-electron chi connectivity index (χ4n) is 5.48. The highest BCUT2D eigenvalue weighted by Crippen LogP contribution is 2.29. The molecule has 1 N–H and O–H groups in total. The molecule has 2 aromatic carbocycles. The van der Waals surface area contributed by atoms with Gasteiger partial charge in [-0.3, -0.25) is 14.6 Å². The van der Waals surface area contributed by atoms with E-state index in [1.165, 1.54) is 0 Å². The summed E-state index contributed by atoms with van der Waals surface area (Å²) in [6.45, 7) is 8.65. The van der Waals surface area contributed by atoms with E-state index in [4.69, 9.17) is 4.42 Å². The normalized spacial score (nSPS) is 15.7. The van der Waals surface area contributed by atoms with Gasteiger partial charge in [-0.05, 0) is 65.1 Å². The molecule has 1 fully saturated rings. The molecule has 38 heavy (non-hydrogen) atoms. The van der Waals surface area contributed by atoms with Gasteiger partial charge in [0.05, 0.1) is 24.9 Å². The van der Waals surface area contributed by atoms with E-state index in [0.29, 0.717) is 17.9 Å². The van der Waals surface area contributed by atoms with Crippen LogP contribution in [0.5, 0.6) is 0 Å². The molecule has 0 bridgehead atoms. The number of aryl methyl sites for hydroxylation is 2. The summed E-state index contributed by atoms with van der Waals surface area (Å²) < 4.78 is 7.38. The highest BCUT2D eigenvalue weighted by molar-refractivity contribution is 5.83. The van der Waals surface area contributed by atoms with Crippen LogP contribution in [0.4, 0.5) is 0 Å². The van der Waals surface area contributed by atoms with E-state index in [9.17, 15) is 4.79 Å². The summed E-state index contributed by atoms with van der Waals surface area (Å²) in [5, 5.41) is 13.9. The molecule has 194 valence electrons. The summed E-state index contributed by atoms with van der Waals surface area (Å²) in [7, 11) is 0. The van der Waals surface area contributed by atoms with Crippen molar-refractivity contribution in [1.29, 1.82) is 0 Å². The molecule has 9 heteroatoms. The maximum Gasteiger partial charge on any atom is 0.253 e. The monoisotopic (exact) mass is 509 g/mol. The SMILES string of the molecule is Cc1cc(C)c2[nH]c(=O)c(C(c3nnnn3Cc3ccccc3)N3CCN(Cc4ccco4)CC3)cc2c1. The molecule has 1 aliphatic rings. The molecule has 4 heterocycles. The quantitative estimate of drug-likeness (QED) is 0.358. The Morgan fingerprint density at radius 2 is 1.79 bits per heavy atom. The molecular formula is C29H31N7O2. The van der Waals surface area contributed by atoms with Crippen molar-refractivity contribution in [2.24, 2.45) is 0 Å². The minimum Gasteiger partial charge on any atom is -0.468 e. The van der Waals surface area contributed by atoms with Gasteiger partial charge in [-0.2, -0.15) is 0 Å². The van der Waals surface area contributed by atoms with Crippen LogP contribution < -0.4 is 5.56 Å². The number of aromatic nitrogens is 5. The van der Waals surface area contributed by atoms with Crippen LogP contribution in [-0.2, 0) is 13.1 Å². The van der Waals surface area contributed by atoms with Gasteiger partial charge < -0.3 is 9.40 Å². The smallest absolute Gasteiger partial charge is 0.253 e. The van der Waals surface area contributed by atoms with Crippen molar-refractivity contribution < 1.29 is 4.42 Å². The molecule has 0 amide bonds. The second kappa shape index (κ2) is 10.4. The van der Waals surface area contributed by atoms with Crippen molar-refractivity contribution in [3.63, 3.8) is 0 Å². The van der Waals surface area contributed by atoms with Crippen LogP contribution >= 0.6 is 0 Å². The van der Waals surface area contributed by atoms with Crippen molar-refractivity contribution >= 4 is 10.9 Å². The summed E-state index contributed by atoms with van der Waals surface area (Å²) in [5.41, 5.74) is 4.73. The summed E-state index contributed by atoms with van der Waals surface area (Å²) in [6, 6.07) is 19.9. The number of nitrogens with one attached hydrogen (secondary N) is 1. The molecule has 0 spiro atoms. The number of piperazine rings is 1. The van der Waals surface area contributed by atoms with Crippen LogP contribution in [0.2, 0.25) is 0 Å². The van der Waals surface area contributed by atoms with Gasteiger partial charge in [-0.1, -0.05) is 42.0 Å². The molecule has 1 atom stereocenters. The fourth-order valence-corrected chi connectivity index (χ4v) is 5.48. The first-order valence-corrected chi connectivity index (χ1v) is 13.0. The van der Waals surface area contributed by atoms with Gasteiger partial charge in [0.15, 0.2) is 5.82 Å². The van der Waals surface area contributed by atoms with E-state index >= 15 is 0 Å². The number of H-pyrrole nitrogens is 1. The highest BCUT2D eigenvalue weighted by Gasteiger charge is 2.33. The standard InChI is InChI=1S/C29H31N7O2/c1-20-15-21(2)26-23(16-20)17-25(29(37)30-26)27(28-31-32-33-36(28)18-22-7-4-3-5-8-22)35-12-10-34(11-13-35)19-24-9-6-14-38-24/h3-9,14-17,27H,10-13,18-19H2,1-2H3,(H,30,37). The van der Waals surface area contributed by atoms with Crippen molar-refractivity contribution in [1.82, 2.24) is 35.0 Å². The lowest BCUT2D eigenvalue weighted by Gasteiger charge is -2.38. The van der Waals surface area contributed by atoms with Crippen LogP contribution in [0.25, 0.3) is 10.9 Å². The first kappa shape index (κ1) is 24.3. The number of rotatable bonds is 7. The molecule has 1 unspecified atom stereocenters. The molecule has 0 radical (unpaired) electrons. The third kappa shape index (κ3) is 4.90. The van der Waals surface area contributed by atoms with E-state index in [1.807, 2.05) is 48.0 Å². The van der Waals surface area contributed by atoms with Crippen molar-refractivity contribution in [2.45, 2.75) is 33.0 Å². The van der Waals surface area contributed by atoms with Gasteiger partial charge in [0.1, 0.15) is 11.8 Å². The van der Waals surface area contributed by atoms with E-state index in [0.717, 1.165) is 66.1 Å². The average Bonchev–Trinajstić information content (AvgIpc) is 3.59. The fraction of sp³-hybridized carbons (Fsp3) is 0.310. The number of pyridine rings is 1. The zero-order chi connectivity index (χ0) is 26.1. The Kier molecular flexibility index (Phi) is 6.61. The van der Waals surface area contributed by atoms with E-state index in [-0.39, 0.29) is 11.6 Å². The topological polar surface area (TPSA) is 96.1 Å². The molecular weight excluding hydrogens is 478 g/mol. The van der Waals surface area contributed by atoms with Crippen LogP contribution in [0.1, 0.15) is 39.9 Å². The zero-order valence-corrected chi connectivity index (χ0v) is 21.7. The second-order valence-corrected chi connectivity index (χ2v) is 10.1. The number of aromatic amines is 1. The molecule has 9 nitrogen and oxygen atoms in total. The summed E-state index contributed by atoms with van der Waals surface area (Å²) >= 11 is 0. The predicted molar refractivity (Wildman–Crippen MR) is 145 cm³/mol. The molecule has 6 rings (SSSR count). The van der Waals surface area contributed by atoms with Crippen molar-refractivity contribution in [3.05, 3.63) is 111 Å². The van der Waals surface area contributed by atoms with Gasteiger partial charge in [0, 0.05) is 31.7 Å². The van der Waals surface area contributed by atoms with Gasteiger partial charge >= 0.3 is 0 Å². The number of furan rings is 1. The van der Waals surface area contributed by atoms with Gasteiger partial charge in [0.2, 0.25) is 0 Å². The summed E-state index contributed by atoms with van der Waals surface area (Å²) in [5.74, 6) is 1.63. The zero-order valence-electron chi connectivity index (χ0n) is 21.7. The Balaban J connectivity index is 1.38. The van der Waals surface area contributed by atoms with Crippen LogP contribution in [0.15, 0.2) is 76.1 Å². The maximum absolute atomic E-state index is 13.6. The number of nitrogens with zero attached hydrogens (tertiary/aromatic N) is 6. The largest absolute Gasteiger partial charge is 0.468 e. The first-order valence-electron chi connectivity index (χ1n) is 13.0.